The maximum Gasteiger partial charge on any atom is 0.261 e. The minimum Gasteiger partial charge on any atom is -0.404 e. The van der Waals surface area contributed by atoms with E-state index in [2.05, 4.69) is 95.3 Å². The number of unbranched alkanes of at least 4 members (excludes halogenated alkanes) is 3. The Morgan fingerprint density at radius 1 is 0.839 bits per heavy atom. The van der Waals surface area contributed by atoms with Gasteiger partial charge in [0.05, 0.1) is 0 Å². The maximum atomic E-state index is 12.5. The average Bonchev–Trinajstić information content (AvgIpc) is 2.77. The maximum absolute atomic E-state index is 12.5. The summed E-state index contributed by atoms with van der Waals surface area (Å²) >= 11 is 0. The molecule has 0 aliphatic rings. The number of benzene rings is 2. The Hall–Kier alpha value is -1.71. The molecule has 0 N–H and O–H groups in total. The Labute approximate surface area is 191 Å². The topological polar surface area (TPSA) is 26.3 Å². The Morgan fingerprint density at radius 3 is 1.84 bits per heavy atom. The van der Waals surface area contributed by atoms with Gasteiger partial charge in [-0.25, -0.2) is 0 Å². The highest BCUT2D eigenvalue weighted by atomic mass is 28.4. The van der Waals surface area contributed by atoms with Gasteiger partial charge in [0.2, 0.25) is 0 Å². The number of rotatable bonds is 13. The number of carbonyl (C=O) groups excluding carboxylic acids is 1. The fourth-order valence-electron chi connectivity index (χ4n) is 4.48. The molecule has 31 heavy (non-hydrogen) atoms. The zero-order valence-electron chi connectivity index (χ0n) is 20.3. The van der Waals surface area contributed by atoms with Gasteiger partial charge in [-0.1, -0.05) is 115 Å². The van der Waals surface area contributed by atoms with Crippen molar-refractivity contribution in [2.24, 2.45) is 0 Å². The first kappa shape index (κ1) is 25.5. The van der Waals surface area contributed by atoms with Crippen molar-refractivity contribution < 1.29 is 9.22 Å². The number of ketones is 1. The van der Waals surface area contributed by atoms with Gasteiger partial charge in [0.1, 0.15) is 5.78 Å². The molecule has 0 saturated carbocycles. The zero-order chi connectivity index (χ0) is 22.7. The molecule has 0 amide bonds. The highest BCUT2D eigenvalue weighted by Crippen LogP contribution is 2.38. The Balaban J connectivity index is 2.27. The molecule has 170 valence electrons. The summed E-state index contributed by atoms with van der Waals surface area (Å²) in [6, 6.07) is 21.6. The standard InChI is InChI=1S/C28H42O2Si/c1-6-8-9-12-17-24(29)22-23-25(7-2)30-31(28(3,4)5,26-18-13-10-14-19-26)27-20-15-11-16-21-27/h10-11,13-16,18-21,25H,6-9,12,17,22-23H2,1-5H3. The predicted molar refractivity (Wildman–Crippen MR) is 136 cm³/mol. The summed E-state index contributed by atoms with van der Waals surface area (Å²) in [5.41, 5.74) is 0. The minimum atomic E-state index is -2.55. The van der Waals surface area contributed by atoms with Gasteiger partial charge >= 0.3 is 0 Å². The fourth-order valence-corrected chi connectivity index (χ4v) is 9.28. The molecule has 0 spiro atoms. The van der Waals surface area contributed by atoms with E-state index in [0.717, 1.165) is 32.1 Å². The van der Waals surface area contributed by atoms with Crippen molar-refractivity contribution in [1.82, 2.24) is 0 Å². The molecule has 0 saturated heterocycles. The van der Waals surface area contributed by atoms with Crippen LogP contribution in [0.1, 0.15) is 86.0 Å². The van der Waals surface area contributed by atoms with E-state index in [1.54, 1.807) is 0 Å². The van der Waals surface area contributed by atoms with E-state index in [4.69, 9.17) is 4.43 Å². The first-order valence-electron chi connectivity index (χ1n) is 12.2. The molecular weight excluding hydrogens is 396 g/mol. The van der Waals surface area contributed by atoms with Crippen molar-refractivity contribution in [3.63, 3.8) is 0 Å². The third-order valence-electron chi connectivity index (χ3n) is 6.27. The number of hydrogen-bond donors (Lipinski definition) is 0. The van der Waals surface area contributed by atoms with Crippen LogP contribution in [0.3, 0.4) is 0 Å². The summed E-state index contributed by atoms with van der Waals surface area (Å²) in [5.74, 6) is 0.389. The van der Waals surface area contributed by atoms with Gasteiger partial charge in [0, 0.05) is 18.9 Å². The van der Waals surface area contributed by atoms with Crippen molar-refractivity contribution in [3.8, 4) is 0 Å². The van der Waals surface area contributed by atoms with Gasteiger partial charge in [0.25, 0.3) is 8.32 Å². The SMILES string of the molecule is CCCCCCC(=O)CCC(CC)O[Si](c1ccccc1)(c1ccccc1)C(C)(C)C. The Morgan fingerprint density at radius 2 is 1.39 bits per heavy atom. The van der Waals surface area contributed by atoms with Crippen LogP contribution in [0.4, 0.5) is 0 Å². The molecule has 0 aliphatic heterocycles. The lowest BCUT2D eigenvalue weighted by molar-refractivity contribution is -0.119. The molecule has 0 heterocycles. The monoisotopic (exact) mass is 438 g/mol. The Bertz CT molecular complexity index is 725. The third kappa shape index (κ3) is 6.88. The number of Topliss-reactive ketones (excluding diaryl/α,β-unsaturated/α-hetero) is 1. The van der Waals surface area contributed by atoms with Gasteiger partial charge in [-0.05, 0) is 34.7 Å². The van der Waals surface area contributed by atoms with Crippen LogP contribution in [-0.2, 0) is 9.22 Å². The van der Waals surface area contributed by atoms with E-state index in [1.165, 1.54) is 23.2 Å². The van der Waals surface area contributed by atoms with Crippen LogP contribution in [0.2, 0.25) is 5.04 Å². The quantitative estimate of drug-likeness (QED) is 0.258. The van der Waals surface area contributed by atoms with Gasteiger partial charge in [0.15, 0.2) is 0 Å². The van der Waals surface area contributed by atoms with E-state index >= 15 is 0 Å². The highest BCUT2D eigenvalue weighted by Gasteiger charge is 2.51. The fraction of sp³-hybridized carbons (Fsp3) is 0.536. The van der Waals surface area contributed by atoms with Crippen molar-refractivity contribution in [2.75, 3.05) is 0 Å². The molecular formula is C28H42O2Si. The molecule has 3 heteroatoms. The lowest BCUT2D eigenvalue weighted by Crippen LogP contribution is -2.67. The molecule has 0 radical (unpaired) electrons. The van der Waals surface area contributed by atoms with Crippen molar-refractivity contribution in [2.45, 2.75) is 97.1 Å². The van der Waals surface area contributed by atoms with Gasteiger partial charge in [-0.2, -0.15) is 0 Å². The molecule has 2 aromatic rings. The van der Waals surface area contributed by atoms with Gasteiger partial charge in [-0.15, -0.1) is 0 Å². The second-order valence-corrected chi connectivity index (χ2v) is 14.0. The molecule has 1 unspecified atom stereocenters. The van der Waals surface area contributed by atoms with Crippen LogP contribution in [0.25, 0.3) is 0 Å². The first-order chi connectivity index (χ1) is 14.8. The number of carbonyl (C=O) groups is 1. The first-order valence-corrected chi connectivity index (χ1v) is 14.1. The average molecular weight is 439 g/mol. The molecule has 0 aromatic heterocycles. The summed E-state index contributed by atoms with van der Waals surface area (Å²) in [6.07, 6.45) is 7.79. The lowest BCUT2D eigenvalue weighted by Gasteiger charge is -2.45. The summed E-state index contributed by atoms with van der Waals surface area (Å²) in [4.78, 5) is 12.5. The van der Waals surface area contributed by atoms with E-state index in [-0.39, 0.29) is 11.1 Å². The molecule has 2 nitrogen and oxygen atoms in total. The smallest absolute Gasteiger partial charge is 0.261 e. The number of hydrogen-bond acceptors (Lipinski definition) is 2. The Kier molecular flexibility index (Phi) is 10.2. The molecule has 2 rings (SSSR count). The summed E-state index contributed by atoms with van der Waals surface area (Å²) < 4.78 is 7.20. The summed E-state index contributed by atoms with van der Waals surface area (Å²) in [5, 5.41) is 2.57. The highest BCUT2D eigenvalue weighted by molar-refractivity contribution is 6.99. The lowest BCUT2D eigenvalue weighted by atomic mass is 10.0. The van der Waals surface area contributed by atoms with Crippen LogP contribution >= 0.6 is 0 Å². The van der Waals surface area contributed by atoms with E-state index in [9.17, 15) is 4.79 Å². The summed E-state index contributed by atoms with van der Waals surface area (Å²) in [7, 11) is -2.55. The van der Waals surface area contributed by atoms with Crippen molar-refractivity contribution in [1.29, 1.82) is 0 Å². The van der Waals surface area contributed by atoms with Crippen molar-refractivity contribution in [3.05, 3.63) is 60.7 Å². The van der Waals surface area contributed by atoms with E-state index < -0.39 is 8.32 Å². The predicted octanol–water partition coefficient (Wildman–Crippen LogP) is 6.66. The van der Waals surface area contributed by atoms with Crippen LogP contribution in [0, 0.1) is 0 Å². The minimum absolute atomic E-state index is 0.0344. The van der Waals surface area contributed by atoms with Gasteiger partial charge in [-0.3, -0.25) is 4.79 Å². The third-order valence-corrected chi connectivity index (χ3v) is 11.4. The van der Waals surface area contributed by atoms with Crippen LogP contribution in [-0.4, -0.2) is 20.2 Å². The zero-order valence-corrected chi connectivity index (χ0v) is 21.3. The van der Waals surface area contributed by atoms with Crippen LogP contribution in [0.5, 0.6) is 0 Å². The normalized spacial score (nSPS) is 13.2. The molecule has 0 aliphatic carbocycles. The van der Waals surface area contributed by atoms with Crippen LogP contribution < -0.4 is 10.4 Å². The molecule has 0 fully saturated rings. The van der Waals surface area contributed by atoms with Crippen LogP contribution in [0.15, 0.2) is 60.7 Å². The van der Waals surface area contributed by atoms with Gasteiger partial charge < -0.3 is 4.43 Å². The molecule has 0 bridgehead atoms. The van der Waals surface area contributed by atoms with Crippen molar-refractivity contribution >= 4 is 24.5 Å². The molecule has 2 aromatic carbocycles. The second kappa shape index (κ2) is 12.4. The second-order valence-electron chi connectivity index (χ2n) is 9.70. The van der Waals surface area contributed by atoms with E-state index in [1.807, 2.05) is 0 Å². The summed E-state index contributed by atoms with van der Waals surface area (Å²) in [6.45, 7) is 11.3. The molecule has 1 atom stereocenters. The largest absolute Gasteiger partial charge is 0.404 e. The van der Waals surface area contributed by atoms with E-state index in [0.29, 0.717) is 12.2 Å².